The Morgan fingerprint density at radius 2 is 1.59 bits per heavy atom. The number of rotatable bonds is 4. The van der Waals surface area contributed by atoms with Gasteiger partial charge in [0.1, 0.15) is 17.2 Å². The van der Waals surface area contributed by atoms with Crippen molar-refractivity contribution in [3.8, 4) is 11.5 Å². The zero-order chi connectivity index (χ0) is 15.4. The van der Waals surface area contributed by atoms with Crippen LogP contribution < -0.4 is 4.74 Å². The molecule has 0 saturated carbocycles. The third-order valence-corrected chi connectivity index (χ3v) is 3.14. The molecule has 0 amide bonds. The quantitative estimate of drug-likeness (QED) is 0.536. The van der Waals surface area contributed by atoms with Gasteiger partial charge in [0, 0.05) is 11.8 Å². The van der Waals surface area contributed by atoms with Crippen molar-refractivity contribution in [2.75, 3.05) is 0 Å². The lowest BCUT2D eigenvalue weighted by Gasteiger charge is -2.06. The molecule has 0 saturated heterocycles. The van der Waals surface area contributed by atoms with Crippen LogP contribution in [0.5, 0.6) is 11.5 Å². The van der Waals surface area contributed by atoms with Gasteiger partial charge in [0.2, 0.25) is 11.1 Å². The first-order chi connectivity index (χ1) is 10.7. The number of carbonyl (C=O) groups excluding carboxylic acids is 1. The van der Waals surface area contributed by atoms with E-state index in [1.165, 1.54) is 12.3 Å². The van der Waals surface area contributed by atoms with Gasteiger partial charge >= 0.3 is 0 Å². The van der Waals surface area contributed by atoms with E-state index in [1.54, 1.807) is 24.3 Å². The van der Waals surface area contributed by atoms with Crippen molar-refractivity contribution in [2.45, 2.75) is 0 Å². The summed E-state index contributed by atoms with van der Waals surface area (Å²) in [5, 5.41) is 0.0508. The Morgan fingerprint density at radius 1 is 0.909 bits per heavy atom. The molecule has 0 N–H and O–H groups in total. The molecule has 1 heterocycles. The van der Waals surface area contributed by atoms with Crippen LogP contribution >= 0.6 is 11.6 Å². The summed E-state index contributed by atoms with van der Waals surface area (Å²) in [5.74, 6) is 1.18. The SMILES string of the molecule is O=C(c1ccc(Oc2ccccc2)cc1)c1ccnc(Cl)n1. The van der Waals surface area contributed by atoms with Gasteiger partial charge in [-0.15, -0.1) is 0 Å². The van der Waals surface area contributed by atoms with Crippen molar-refractivity contribution < 1.29 is 9.53 Å². The molecule has 0 atom stereocenters. The fraction of sp³-hybridized carbons (Fsp3) is 0. The fourth-order valence-corrected chi connectivity index (χ4v) is 2.06. The largest absolute Gasteiger partial charge is 0.457 e. The molecule has 0 radical (unpaired) electrons. The van der Waals surface area contributed by atoms with Crippen LogP contribution in [0.1, 0.15) is 16.1 Å². The zero-order valence-corrected chi connectivity index (χ0v) is 12.2. The normalized spacial score (nSPS) is 10.2. The first kappa shape index (κ1) is 14.2. The Morgan fingerprint density at radius 3 is 2.27 bits per heavy atom. The molecule has 2 aromatic carbocycles. The van der Waals surface area contributed by atoms with Gasteiger partial charge in [-0.1, -0.05) is 18.2 Å². The second kappa shape index (κ2) is 6.37. The first-order valence-electron chi connectivity index (χ1n) is 6.58. The highest BCUT2D eigenvalue weighted by molar-refractivity contribution is 6.28. The lowest BCUT2D eigenvalue weighted by atomic mass is 10.1. The molecule has 0 fully saturated rings. The van der Waals surface area contributed by atoms with E-state index in [0.29, 0.717) is 11.3 Å². The topological polar surface area (TPSA) is 52.1 Å². The van der Waals surface area contributed by atoms with Crippen molar-refractivity contribution in [1.82, 2.24) is 9.97 Å². The third-order valence-electron chi connectivity index (χ3n) is 2.95. The summed E-state index contributed by atoms with van der Waals surface area (Å²) >= 11 is 5.70. The van der Waals surface area contributed by atoms with Crippen LogP contribution in [0.4, 0.5) is 0 Å². The molecular formula is C17H11ClN2O2. The summed E-state index contributed by atoms with van der Waals surface area (Å²) in [7, 11) is 0. The first-order valence-corrected chi connectivity index (χ1v) is 6.96. The van der Waals surface area contributed by atoms with E-state index in [9.17, 15) is 4.79 Å². The molecule has 0 aliphatic rings. The van der Waals surface area contributed by atoms with E-state index in [2.05, 4.69) is 9.97 Å². The Bertz CT molecular complexity index is 789. The third kappa shape index (κ3) is 3.30. The Hall–Kier alpha value is -2.72. The lowest BCUT2D eigenvalue weighted by molar-refractivity contribution is 0.103. The number of hydrogen-bond donors (Lipinski definition) is 0. The Labute approximate surface area is 132 Å². The van der Waals surface area contributed by atoms with Crippen molar-refractivity contribution in [3.05, 3.63) is 83.4 Å². The van der Waals surface area contributed by atoms with Gasteiger partial charge in [-0.2, -0.15) is 0 Å². The number of aromatic nitrogens is 2. The van der Waals surface area contributed by atoms with Gasteiger partial charge in [-0.3, -0.25) is 4.79 Å². The minimum atomic E-state index is -0.212. The molecule has 0 bridgehead atoms. The maximum Gasteiger partial charge on any atom is 0.222 e. The molecule has 0 spiro atoms. The van der Waals surface area contributed by atoms with E-state index < -0.39 is 0 Å². The maximum absolute atomic E-state index is 12.3. The fourth-order valence-electron chi connectivity index (χ4n) is 1.91. The molecular weight excluding hydrogens is 300 g/mol. The van der Waals surface area contributed by atoms with E-state index >= 15 is 0 Å². The highest BCUT2D eigenvalue weighted by Gasteiger charge is 2.11. The van der Waals surface area contributed by atoms with Crippen LogP contribution in [0.3, 0.4) is 0 Å². The molecule has 108 valence electrons. The Balaban J connectivity index is 1.78. The summed E-state index contributed by atoms with van der Waals surface area (Å²) < 4.78 is 5.68. The smallest absolute Gasteiger partial charge is 0.222 e. The average molecular weight is 311 g/mol. The minimum absolute atomic E-state index is 0.0508. The molecule has 3 aromatic rings. The van der Waals surface area contributed by atoms with Crippen LogP contribution in [-0.4, -0.2) is 15.8 Å². The summed E-state index contributed by atoms with van der Waals surface area (Å²) in [6.45, 7) is 0. The molecule has 0 aliphatic carbocycles. The molecule has 4 nitrogen and oxygen atoms in total. The summed E-state index contributed by atoms with van der Waals surface area (Å²) in [6.07, 6.45) is 1.45. The number of benzene rings is 2. The van der Waals surface area contributed by atoms with Crippen LogP contribution in [-0.2, 0) is 0 Å². The van der Waals surface area contributed by atoms with E-state index in [1.807, 2.05) is 30.3 Å². The zero-order valence-electron chi connectivity index (χ0n) is 11.4. The minimum Gasteiger partial charge on any atom is -0.457 e. The van der Waals surface area contributed by atoms with E-state index in [-0.39, 0.29) is 16.8 Å². The molecule has 1 aromatic heterocycles. The Kier molecular flexibility index (Phi) is 4.12. The van der Waals surface area contributed by atoms with Crippen LogP contribution in [0, 0.1) is 0 Å². The van der Waals surface area contributed by atoms with Gasteiger partial charge in [-0.25, -0.2) is 9.97 Å². The molecule has 22 heavy (non-hydrogen) atoms. The standard InChI is InChI=1S/C17H11ClN2O2/c18-17-19-11-10-15(20-17)16(21)12-6-8-14(9-7-12)22-13-4-2-1-3-5-13/h1-11H. The number of ether oxygens (including phenoxy) is 1. The van der Waals surface area contributed by atoms with Gasteiger partial charge in [0.15, 0.2) is 0 Å². The highest BCUT2D eigenvalue weighted by atomic mass is 35.5. The molecule has 0 aliphatic heterocycles. The molecule has 5 heteroatoms. The van der Waals surface area contributed by atoms with Crippen LogP contribution in [0.15, 0.2) is 66.9 Å². The second-order valence-electron chi connectivity index (χ2n) is 4.48. The summed E-state index contributed by atoms with van der Waals surface area (Å²) in [4.78, 5) is 20.0. The average Bonchev–Trinajstić information content (AvgIpc) is 2.56. The van der Waals surface area contributed by atoms with Crippen molar-refractivity contribution in [3.63, 3.8) is 0 Å². The molecule has 0 unspecified atom stereocenters. The van der Waals surface area contributed by atoms with E-state index in [4.69, 9.17) is 16.3 Å². The number of carbonyl (C=O) groups is 1. The maximum atomic E-state index is 12.3. The second-order valence-corrected chi connectivity index (χ2v) is 4.82. The van der Waals surface area contributed by atoms with Gasteiger partial charge in [0.25, 0.3) is 0 Å². The van der Waals surface area contributed by atoms with Gasteiger partial charge in [0.05, 0.1) is 0 Å². The number of para-hydroxylation sites is 1. The van der Waals surface area contributed by atoms with Crippen molar-refractivity contribution in [1.29, 1.82) is 0 Å². The number of ketones is 1. The van der Waals surface area contributed by atoms with Gasteiger partial charge < -0.3 is 4.74 Å². The number of halogens is 1. The predicted molar refractivity (Wildman–Crippen MR) is 83.4 cm³/mol. The summed E-state index contributed by atoms with van der Waals surface area (Å²) in [6, 6.07) is 17.8. The number of hydrogen-bond acceptors (Lipinski definition) is 4. The predicted octanol–water partition coefficient (Wildman–Crippen LogP) is 4.15. The summed E-state index contributed by atoms with van der Waals surface area (Å²) in [5.41, 5.74) is 0.770. The number of nitrogens with zero attached hydrogens (tertiary/aromatic N) is 2. The monoisotopic (exact) mass is 310 g/mol. The van der Waals surface area contributed by atoms with E-state index in [0.717, 1.165) is 5.75 Å². The lowest BCUT2D eigenvalue weighted by Crippen LogP contribution is -2.04. The van der Waals surface area contributed by atoms with Crippen molar-refractivity contribution in [2.24, 2.45) is 0 Å². The van der Waals surface area contributed by atoms with Crippen molar-refractivity contribution >= 4 is 17.4 Å². The van der Waals surface area contributed by atoms with Crippen LogP contribution in [0.25, 0.3) is 0 Å². The van der Waals surface area contributed by atoms with Gasteiger partial charge in [-0.05, 0) is 54.1 Å². The highest BCUT2D eigenvalue weighted by Crippen LogP contribution is 2.21. The molecule has 3 rings (SSSR count). The van der Waals surface area contributed by atoms with Crippen LogP contribution in [0.2, 0.25) is 5.28 Å².